The molecule has 17 aromatic heterocycles. The predicted molar refractivity (Wildman–Crippen MR) is 616 cm³/mol. The van der Waals surface area contributed by atoms with Crippen LogP contribution in [0.3, 0.4) is 0 Å². The van der Waals surface area contributed by atoms with Gasteiger partial charge >= 0.3 is 57.6 Å². The zero-order chi connectivity index (χ0) is 104. The number of carbonyl (C=O) groups excluding carboxylic acids is 2. The Bertz CT molecular complexity index is 7810. The van der Waals surface area contributed by atoms with E-state index in [4.69, 9.17) is 55.8 Å². The van der Waals surface area contributed by atoms with E-state index in [-0.39, 0.29) is 43.6 Å². The minimum Gasteiger partial charge on any atom is -0.423 e. The number of hydrogen-bond donors (Lipinski definition) is 7. The Balaban J connectivity index is 0.000000142. The van der Waals surface area contributed by atoms with Crippen LogP contribution in [0.4, 0.5) is 24.5 Å². The summed E-state index contributed by atoms with van der Waals surface area (Å²) in [6.45, 7) is 13.1. The summed E-state index contributed by atoms with van der Waals surface area (Å²) in [6, 6.07) is 41.7. The van der Waals surface area contributed by atoms with Crippen LogP contribution < -0.4 is 30.2 Å². The van der Waals surface area contributed by atoms with Crippen LogP contribution in [0.15, 0.2) is 262 Å². The van der Waals surface area contributed by atoms with Crippen LogP contribution in [-0.2, 0) is 14.2 Å². The second kappa shape index (κ2) is 53.8. The number of nitrogen functional groups attached to an aromatic ring is 2. The summed E-state index contributed by atoms with van der Waals surface area (Å²) in [5.41, 5.74) is 30.3. The van der Waals surface area contributed by atoms with E-state index >= 15 is 0 Å². The van der Waals surface area contributed by atoms with Crippen LogP contribution in [0.5, 0.6) is 0 Å². The minimum atomic E-state index is -1.40. The third kappa shape index (κ3) is 29.7. The number of alkyl halides is 3. The van der Waals surface area contributed by atoms with Gasteiger partial charge in [-0.25, -0.2) is 57.1 Å². The molecule has 43 heteroatoms. The number of hydrogen-bond acceptors (Lipinski definition) is 26. The average molecular weight is 2730 g/mol. The molecule has 3 atom stereocenters. The van der Waals surface area contributed by atoms with E-state index in [1.165, 1.54) is 53.2 Å². The van der Waals surface area contributed by atoms with Crippen LogP contribution in [0.25, 0.3) is 156 Å². The molecule has 20 aromatic rings. The molecule has 9 N–H and O–H groups in total. The van der Waals surface area contributed by atoms with Gasteiger partial charge in [0.05, 0.1) is 73.6 Å². The summed E-state index contributed by atoms with van der Waals surface area (Å²) < 4.78 is 66.6. The maximum Gasteiger partial charge on any atom is 0.490 e. The molecular weight excluding hydrogens is 2630 g/mol. The van der Waals surface area contributed by atoms with Crippen LogP contribution in [0.2, 0.25) is 0 Å². The summed E-state index contributed by atoms with van der Waals surface area (Å²) in [7, 11) is -1.40. The molecule has 20 heterocycles. The monoisotopic (exact) mass is 2730 g/mol. The van der Waals surface area contributed by atoms with Gasteiger partial charge in [0.25, 0.3) is 0 Å². The van der Waals surface area contributed by atoms with Crippen LogP contribution >= 0.6 is 121 Å². The molecule has 0 saturated carbocycles. The van der Waals surface area contributed by atoms with E-state index in [0.717, 1.165) is 176 Å². The molecule has 32 nitrogen and oxygen atoms in total. The number of aromatic nitrogens is 23. The summed E-state index contributed by atoms with van der Waals surface area (Å²) in [6.07, 6.45) is 40.8. The third-order valence-corrected chi connectivity index (χ3v) is 26.7. The van der Waals surface area contributed by atoms with Gasteiger partial charge in [0, 0.05) is 184 Å². The van der Waals surface area contributed by atoms with Crippen molar-refractivity contribution in [2.75, 3.05) is 35.7 Å². The number of benzene rings is 3. The maximum atomic E-state index is 14.0. The first-order valence-corrected chi connectivity index (χ1v) is 63.3. The molecule has 0 bridgehead atoms. The van der Waals surface area contributed by atoms with E-state index < -0.39 is 7.12 Å². The quantitative estimate of drug-likeness (QED) is 0.0217. The van der Waals surface area contributed by atoms with Crippen molar-refractivity contribution in [3.63, 3.8) is 0 Å². The normalized spacial score (nSPS) is 14.3. The molecule has 3 aliphatic heterocycles. The maximum absolute atomic E-state index is 14.0. The van der Waals surface area contributed by atoms with Gasteiger partial charge in [0.15, 0.2) is 65.5 Å². The number of pyridine rings is 11. The number of ether oxygens (including phenoxy) is 3. The minimum absolute atomic E-state index is 0. The Morgan fingerprint density at radius 1 is 0.473 bits per heavy atom. The number of nitrogens with two attached hydrogens (primary N) is 2. The first kappa shape index (κ1) is 112. The molecule has 3 aliphatic rings. The Kier molecular flexibility index (Phi) is 40.8. The molecule has 148 heavy (non-hydrogen) atoms. The molecule has 762 valence electrons. The van der Waals surface area contributed by atoms with Crippen LogP contribution in [-0.4, -0.2) is 175 Å². The van der Waals surface area contributed by atoms with Crippen LogP contribution in [0.1, 0.15) is 139 Å². The zero-order valence-corrected chi connectivity index (χ0v) is 94.3. The number of fused-ring (bicyclic) bond motifs is 6. The Morgan fingerprint density at radius 3 is 1.28 bits per heavy atom. The number of rotatable bonds is 15. The van der Waals surface area contributed by atoms with Gasteiger partial charge in [-0.3, -0.25) is 49.6 Å². The number of anilines is 2. The van der Waals surface area contributed by atoms with Gasteiger partial charge in [-0.05, 0) is 175 Å². The Morgan fingerprint density at radius 2 is 0.865 bits per heavy atom. The average Bonchev–Trinajstić information content (AvgIpc) is 1.60. The van der Waals surface area contributed by atoms with Gasteiger partial charge < -0.3 is 45.7 Å². The van der Waals surface area contributed by atoms with Crippen molar-refractivity contribution in [1.82, 2.24) is 114 Å². The molecular formula is C105H101BBrF3I6N25O7-. The van der Waals surface area contributed by atoms with Crippen LogP contribution in [0, 0.1) is 17.5 Å². The molecule has 0 radical (unpaired) electrons. The van der Waals surface area contributed by atoms with E-state index in [1.807, 2.05) is 83.8 Å². The number of halogens is 10. The van der Waals surface area contributed by atoms with Gasteiger partial charge in [0.2, 0.25) is 0 Å². The van der Waals surface area contributed by atoms with Gasteiger partial charge in [-0.2, -0.15) is 20.4 Å². The van der Waals surface area contributed by atoms with Crippen molar-refractivity contribution in [3.05, 3.63) is 290 Å². The summed E-state index contributed by atoms with van der Waals surface area (Å²) in [5, 5.41) is 41.3. The fourth-order valence-corrected chi connectivity index (χ4v) is 16.0. The van der Waals surface area contributed by atoms with Gasteiger partial charge in [0.1, 0.15) is 40.2 Å². The molecule has 3 aromatic carbocycles. The third-order valence-electron chi connectivity index (χ3n) is 22.5. The molecule has 0 spiro atoms. The topological polar surface area (TPSA) is 436 Å². The van der Waals surface area contributed by atoms with E-state index in [9.17, 15) is 22.8 Å². The van der Waals surface area contributed by atoms with Crippen molar-refractivity contribution in [3.8, 4) is 89.8 Å². The largest absolute Gasteiger partial charge is 0.490 e. The zero-order valence-electron chi connectivity index (χ0n) is 79.7. The number of aldehydes is 2. The smallest absolute Gasteiger partial charge is 0.423 e. The molecule has 0 amide bonds. The van der Waals surface area contributed by atoms with Crippen molar-refractivity contribution >= 4 is 224 Å². The molecule has 0 aliphatic carbocycles. The number of aromatic amines is 3. The van der Waals surface area contributed by atoms with Crippen molar-refractivity contribution < 1.29 is 60.3 Å². The van der Waals surface area contributed by atoms with Gasteiger partial charge in [-0.15, -0.1) is 0 Å². The molecule has 3 saturated heterocycles. The second-order valence-electron chi connectivity index (χ2n) is 35.0. The molecule has 3 unspecified atom stereocenters. The second-order valence-corrected chi connectivity index (χ2v) is 59.1. The standard InChI is InChI=1S/C28H22FN7O.C23H14FN7.C17H16N4O2.C12H12BrN3O2.C11H10FN3.C5H6BNO2.C4H8I2.C4H9I.CH4.I3/c29-20-7-3-5-17(11-20)22-15-31-16-23-25(22)34-27(33-23)26-21-12-19(18-6-4-9-30-13-18)14-32-28(21)36(35-26)24-8-1-2-10-37-24;24-16-5-1-3-13(7-16)18-11-26-12-19-20(18)29-23(28-19)21-17-8-15(10-27-22(17)31-30-21)14-4-2-6-25-9-14;22-11-15-14-8-13(12-4-3-6-18-9-12)10-19-17(14)21(20-15)16-5-1-2-7-23-16;13-8-5-9-10(7-17)15-16(12(9)14-6-8)11-3-1-2-4-18-11;12-8-3-1-2-7(4-8)9-5-15-6-10(13)11(9)14;8-6(9)5-2-1-3-7-4-5;1-4(2,6)3-5;1-4(2,3)5;;1-3-2/h3-7,9,11-16,24H,1-2,8,10H2,(H,33,34);1-12H,(H,28,29)(H,27,30,31);3-4,6,8-11,16H,1-2,5,7H2;5-7,11H,1-4H2;1-6H,13H2,(H2,14,15);1-4,8-9H;3H2,1-2H3;1-3H3;1H4;/q;;;;;;;;;-1. The first-order chi connectivity index (χ1) is 71.1. The summed E-state index contributed by atoms with van der Waals surface area (Å²) in [5.74, 6) is 0.267. The van der Waals surface area contributed by atoms with E-state index in [2.05, 4.69) is 242 Å². The Labute approximate surface area is 929 Å². The first-order valence-electron chi connectivity index (χ1n) is 46.3. The number of nitrogens with one attached hydrogen (secondary N) is 3. The SMILES string of the molecule is C.CC(C)(C)I.CC(C)(I)CI.Fc1cccc(-c2cncc3[nH]c(-c4[nH]nc5ncc(-c6cccnc6)cc45)nc23)c1.Fc1cccc(-c2cncc3[nH]c(-c4nn(C5CCCCO5)c5ncc(-c6cccnc6)cc45)nc23)c1.I[I-]I.Nc1cncc(-c2cccc(F)c2)c1N.O=Cc1nn(C2CCCCO2)c2ncc(-c3cccnc3)cc12.O=Cc1nn(C2CCCCO2)c2ncc(Br)cc12.OB(O)c1cccnc1. The van der Waals surface area contributed by atoms with E-state index in [1.54, 1.807) is 133 Å². The van der Waals surface area contributed by atoms with Crippen molar-refractivity contribution in [2.45, 2.75) is 125 Å². The number of imidazole rings is 2. The summed E-state index contributed by atoms with van der Waals surface area (Å²) in [4.78, 5) is 85.8. The summed E-state index contributed by atoms with van der Waals surface area (Å²) >= 11 is 15.9. The molecule has 3 fully saturated rings. The van der Waals surface area contributed by atoms with Crippen molar-refractivity contribution in [1.29, 1.82) is 0 Å². The fraction of sp³-hybridized carbons (Fsp3) is 0.229. The van der Waals surface area contributed by atoms with E-state index in [0.29, 0.717) is 123 Å². The van der Waals surface area contributed by atoms with Crippen molar-refractivity contribution in [2.24, 2.45) is 0 Å². The number of nitrogens with zero attached hydrogens (tertiary/aromatic N) is 20. The predicted octanol–water partition coefficient (Wildman–Crippen LogP) is 21.5. The fourth-order valence-electron chi connectivity index (χ4n) is 15.7. The number of H-pyrrole nitrogens is 3. The number of carbonyl (C=O) groups is 2. The molecule has 23 rings (SSSR count). The Hall–Kier alpha value is -11.4. The van der Waals surface area contributed by atoms with Gasteiger partial charge in [-0.1, -0.05) is 170 Å².